The molecule has 0 aliphatic heterocycles. The molecule has 44 heavy (non-hydrogen) atoms. The molecule has 1 amide bonds. The Hall–Kier alpha value is -3.10. The number of rotatable bonds is 17. The molecule has 0 saturated heterocycles. The fourth-order valence-corrected chi connectivity index (χ4v) is 5.18. The van der Waals surface area contributed by atoms with Gasteiger partial charge < -0.3 is 45.2 Å². The van der Waals surface area contributed by atoms with Gasteiger partial charge in [0, 0.05) is 12.5 Å². The van der Waals surface area contributed by atoms with Gasteiger partial charge in [0.25, 0.3) is 0 Å². The maximum atomic E-state index is 12.6. The first-order valence-corrected chi connectivity index (χ1v) is 14.8. The molecule has 0 radical (unpaired) electrons. The first-order valence-electron chi connectivity index (χ1n) is 14.8. The zero-order valence-corrected chi connectivity index (χ0v) is 26.0. The second kappa shape index (κ2) is 15.3. The Morgan fingerprint density at radius 3 is 2.09 bits per heavy atom. The lowest BCUT2D eigenvalue weighted by Crippen LogP contribution is -2.48. The summed E-state index contributed by atoms with van der Waals surface area (Å²) >= 11 is 0. The molecule has 4 atom stereocenters. The number of aliphatic hydroxyl groups is 3. The van der Waals surface area contributed by atoms with Gasteiger partial charge in [-0.15, -0.1) is 0 Å². The number of hydrogen-bond acceptors (Lipinski definition) is 10. The van der Waals surface area contributed by atoms with E-state index in [4.69, 9.17) is 14.2 Å². The Morgan fingerprint density at radius 2 is 1.55 bits per heavy atom. The summed E-state index contributed by atoms with van der Waals surface area (Å²) in [6.07, 6.45) is -3.83. The molecule has 0 saturated carbocycles. The first kappa shape index (κ1) is 35.4. The van der Waals surface area contributed by atoms with Crippen LogP contribution in [0.1, 0.15) is 64.5 Å². The van der Waals surface area contributed by atoms with Crippen molar-refractivity contribution in [1.82, 2.24) is 10.4 Å². The number of carbonyl (C=O) groups excluding carboxylic acids is 1. The second-order valence-corrected chi connectivity index (χ2v) is 12.2. The minimum atomic E-state index is -1.34. The number of ether oxygens (including phenoxy) is 3. The number of fused-ring (bicyclic) bond motifs is 3. The number of carboxylic acid groups (broad SMARTS) is 1. The number of aliphatic hydroxyl groups excluding tert-OH is 2. The van der Waals surface area contributed by atoms with Crippen molar-refractivity contribution in [2.45, 2.75) is 89.1 Å². The van der Waals surface area contributed by atoms with Crippen molar-refractivity contribution in [1.29, 1.82) is 0 Å². The van der Waals surface area contributed by atoms with E-state index < -0.39 is 47.8 Å². The maximum Gasteiger partial charge on any atom is 0.407 e. The number of aliphatic carboxylic acids is 1. The molecule has 2 aromatic rings. The standard InChI is InChI=1S/C32H46N2O10/c1-20(44-31(2,3)28(36)15-17-43-32(4,5)40)27(35)18-34(41)16-14-26(29(37)38)33-30(39)42-19-25-23-12-8-6-10-21(23)22-11-7-9-13-24(22)25/h6-13,20,25-28,35-36,40-41H,14-19H2,1-5H3,(H,33,39)(H,37,38). The zero-order valence-electron chi connectivity index (χ0n) is 26.0. The molecular weight excluding hydrogens is 572 g/mol. The van der Waals surface area contributed by atoms with E-state index in [0.29, 0.717) is 0 Å². The number of carbonyl (C=O) groups is 2. The van der Waals surface area contributed by atoms with E-state index in [-0.39, 0.29) is 45.1 Å². The number of hydroxylamine groups is 2. The van der Waals surface area contributed by atoms with E-state index >= 15 is 0 Å². The lowest BCUT2D eigenvalue weighted by atomic mass is 9.98. The van der Waals surface area contributed by atoms with Crippen molar-refractivity contribution in [2.24, 2.45) is 0 Å². The molecule has 1 aliphatic rings. The molecule has 0 bridgehead atoms. The van der Waals surface area contributed by atoms with Crippen molar-refractivity contribution in [3.63, 3.8) is 0 Å². The molecule has 244 valence electrons. The summed E-state index contributed by atoms with van der Waals surface area (Å²) in [6.45, 7) is 7.51. The Balaban J connectivity index is 1.45. The van der Waals surface area contributed by atoms with Crippen LogP contribution in [-0.4, -0.2) is 105 Å². The minimum Gasteiger partial charge on any atom is -0.480 e. The minimum absolute atomic E-state index is 0.0277. The summed E-state index contributed by atoms with van der Waals surface area (Å²) in [7, 11) is 0. The fraction of sp³-hybridized carbons (Fsp3) is 0.562. The van der Waals surface area contributed by atoms with E-state index in [0.717, 1.165) is 27.3 Å². The van der Waals surface area contributed by atoms with E-state index in [9.17, 15) is 35.2 Å². The predicted molar refractivity (Wildman–Crippen MR) is 161 cm³/mol. The lowest BCUT2D eigenvalue weighted by Gasteiger charge is -2.36. The molecule has 0 heterocycles. The summed E-state index contributed by atoms with van der Waals surface area (Å²) in [6, 6.07) is 14.4. The molecule has 0 spiro atoms. The molecule has 12 nitrogen and oxygen atoms in total. The highest BCUT2D eigenvalue weighted by Crippen LogP contribution is 2.44. The molecule has 4 unspecified atom stereocenters. The Labute approximate surface area is 258 Å². The zero-order chi connectivity index (χ0) is 32.7. The lowest BCUT2D eigenvalue weighted by molar-refractivity contribution is -0.198. The van der Waals surface area contributed by atoms with Crippen LogP contribution in [-0.2, 0) is 19.0 Å². The smallest absolute Gasteiger partial charge is 0.407 e. The van der Waals surface area contributed by atoms with Gasteiger partial charge in [-0.3, -0.25) is 0 Å². The molecule has 0 fully saturated rings. The predicted octanol–water partition coefficient (Wildman–Crippen LogP) is 3.10. The van der Waals surface area contributed by atoms with Gasteiger partial charge in [-0.1, -0.05) is 48.5 Å². The molecule has 6 N–H and O–H groups in total. The maximum absolute atomic E-state index is 12.6. The van der Waals surface area contributed by atoms with Crippen molar-refractivity contribution in [3.8, 4) is 11.1 Å². The highest BCUT2D eigenvalue weighted by molar-refractivity contribution is 5.81. The van der Waals surface area contributed by atoms with Crippen molar-refractivity contribution < 1.29 is 49.4 Å². The van der Waals surface area contributed by atoms with Crippen LogP contribution in [0.2, 0.25) is 0 Å². The second-order valence-electron chi connectivity index (χ2n) is 12.2. The monoisotopic (exact) mass is 618 g/mol. The van der Waals surface area contributed by atoms with Gasteiger partial charge in [0.05, 0.1) is 37.1 Å². The number of nitrogens with zero attached hydrogens (tertiary/aromatic N) is 1. The Morgan fingerprint density at radius 1 is 0.977 bits per heavy atom. The van der Waals surface area contributed by atoms with Crippen molar-refractivity contribution in [2.75, 3.05) is 26.3 Å². The Kier molecular flexibility index (Phi) is 12.3. The van der Waals surface area contributed by atoms with E-state index in [2.05, 4.69) is 5.32 Å². The van der Waals surface area contributed by atoms with Crippen LogP contribution in [0.25, 0.3) is 11.1 Å². The van der Waals surface area contributed by atoms with Gasteiger partial charge in [0.1, 0.15) is 12.6 Å². The van der Waals surface area contributed by atoms with E-state index in [1.165, 1.54) is 13.8 Å². The van der Waals surface area contributed by atoms with Gasteiger partial charge in [0.2, 0.25) is 0 Å². The SMILES string of the molecule is CC(OC(C)(C)C(O)CCOC(C)(C)O)C(O)CN(O)CCC(NC(=O)OCC1c2ccccc2-c2ccccc21)C(=O)O. The van der Waals surface area contributed by atoms with Gasteiger partial charge in [-0.25, -0.2) is 9.59 Å². The van der Waals surface area contributed by atoms with Crippen LogP contribution in [0, 0.1) is 0 Å². The average Bonchev–Trinajstić information content (AvgIpc) is 3.26. The number of nitrogens with one attached hydrogen (secondary N) is 1. The van der Waals surface area contributed by atoms with Crippen molar-refractivity contribution in [3.05, 3.63) is 59.7 Å². The summed E-state index contributed by atoms with van der Waals surface area (Å²) in [5.41, 5.74) is 3.12. The first-order chi connectivity index (χ1) is 20.6. The molecular formula is C32H46N2O10. The molecule has 2 aromatic carbocycles. The number of alkyl carbamates (subject to hydrolysis) is 1. The summed E-state index contributed by atoms with van der Waals surface area (Å²) < 4.78 is 16.5. The van der Waals surface area contributed by atoms with Crippen LogP contribution in [0.15, 0.2) is 48.5 Å². The van der Waals surface area contributed by atoms with Gasteiger partial charge >= 0.3 is 12.1 Å². The third-order valence-electron chi connectivity index (χ3n) is 7.69. The number of amides is 1. The summed E-state index contributed by atoms with van der Waals surface area (Å²) in [5.74, 6) is -2.81. The number of benzene rings is 2. The normalized spacial score (nSPS) is 16.1. The molecule has 3 rings (SSSR count). The van der Waals surface area contributed by atoms with Gasteiger partial charge in [-0.2, -0.15) is 5.06 Å². The number of hydrogen-bond donors (Lipinski definition) is 6. The van der Waals surface area contributed by atoms with E-state index in [1.807, 2.05) is 48.5 Å². The topological polar surface area (TPSA) is 178 Å². The molecule has 1 aliphatic carbocycles. The highest BCUT2D eigenvalue weighted by atomic mass is 16.6. The van der Waals surface area contributed by atoms with Crippen molar-refractivity contribution >= 4 is 12.1 Å². The summed E-state index contributed by atoms with van der Waals surface area (Å²) in [5, 5.41) is 53.8. The van der Waals surface area contributed by atoms with Crippen LogP contribution in [0.4, 0.5) is 4.79 Å². The molecule has 12 heteroatoms. The van der Waals surface area contributed by atoms with Gasteiger partial charge in [-0.05, 0) is 69.7 Å². The fourth-order valence-electron chi connectivity index (χ4n) is 5.18. The Bertz CT molecular complexity index is 1200. The van der Waals surface area contributed by atoms with Crippen LogP contribution < -0.4 is 5.32 Å². The quantitative estimate of drug-likeness (QED) is 0.113. The van der Waals surface area contributed by atoms with Gasteiger partial charge in [0.15, 0.2) is 5.79 Å². The molecule has 0 aromatic heterocycles. The average molecular weight is 619 g/mol. The van der Waals surface area contributed by atoms with Crippen LogP contribution in [0.5, 0.6) is 0 Å². The largest absolute Gasteiger partial charge is 0.480 e. The summed E-state index contributed by atoms with van der Waals surface area (Å²) in [4.78, 5) is 24.4. The third-order valence-corrected chi connectivity index (χ3v) is 7.69. The third kappa shape index (κ3) is 9.96. The van der Waals surface area contributed by atoms with Crippen LogP contribution >= 0.6 is 0 Å². The van der Waals surface area contributed by atoms with Crippen LogP contribution in [0.3, 0.4) is 0 Å². The van der Waals surface area contributed by atoms with E-state index in [1.54, 1.807) is 20.8 Å². The number of carboxylic acids is 1. The highest BCUT2D eigenvalue weighted by Gasteiger charge is 2.34.